The molecule has 0 rings (SSSR count). The third-order valence-electron chi connectivity index (χ3n) is 0. The molecule has 0 aromatic rings. The molecule has 0 aliphatic carbocycles. The largest absolute Gasteiger partial charge is 0.379 e. The van der Waals surface area contributed by atoms with Gasteiger partial charge in [0.25, 0.3) is 0 Å². The Bertz CT molecular complexity index is 11.6. The molecule has 0 aliphatic heterocycles. The Labute approximate surface area is 44.4 Å². The van der Waals surface area contributed by atoms with E-state index in [-0.39, 0.29) is 24.0 Å². The smallest absolute Gasteiger partial charge is 0.174 e. The Morgan fingerprint density at radius 1 is 1.00 bits per heavy atom. The summed E-state index contributed by atoms with van der Waals surface area (Å²) in [6.07, 6.45) is 0. The number of hydrogen-bond acceptors (Lipinski definition) is 0. The molecule has 0 bridgehead atoms. The first-order valence-corrected chi connectivity index (χ1v) is 0.655. The van der Waals surface area contributed by atoms with E-state index in [1.807, 2.05) is 0 Å². The molecule has 0 nitrogen and oxygen atoms in total. The minimum atomic E-state index is -3.67. The lowest BCUT2D eigenvalue weighted by atomic mass is 11.6. The van der Waals surface area contributed by atoms with Crippen molar-refractivity contribution in [2.45, 2.75) is 6.68 Å². The van der Waals surface area contributed by atoms with Crippen LogP contribution in [0.2, 0.25) is 0 Å². The van der Waals surface area contributed by atoms with Crippen molar-refractivity contribution in [1.29, 1.82) is 0 Å². The second-order valence-corrected chi connectivity index (χ2v) is 0.247. The van der Waals surface area contributed by atoms with Crippen LogP contribution in [0, 0.1) is 0 Å². The van der Waals surface area contributed by atoms with Crippen LogP contribution in [0.15, 0.2) is 0 Å². The van der Waals surface area contributed by atoms with Crippen LogP contribution in [0.25, 0.3) is 0 Å². The number of halogens is 4. The van der Waals surface area contributed by atoms with E-state index in [0.29, 0.717) is 0 Å². The molecule has 4 heteroatoms. The molecule has 0 fully saturated rings. The molecule has 0 aromatic carbocycles. The maximum absolute atomic E-state index is 9.67. The van der Waals surface area contributed by atoms with Gasteiger partial charge in [0.2, 0.25) is 24.0 Å². The van der Waals surface area contributed by atoms with E-state index in [1.54, 1.807) is 0 Å². The summed E-state index contributed by atoms with van der Waals surface area (Å²) in [5.74, 6) is 0. The first-order chi connectivity index (χ1) is 1.73. The fraction of sp³-hybridized carbons (Fsp3) is 1.00. The predicted octanol–water partition coefficient (Wildman–Crippen LogP) is -2.35. The van der Waals surface area contributed by atoms with Gasteiger partial charge in [-0.15, -0.1) is 0 Å². The lowest BCUT2D eigenvalue weighted by molar-refractivity contribution is -0.000104. The topological polar surface area (TPSA) is 0 Å². The lowest BCUT2D eigenvalue weighted by Crippen LogP contribution is -3.00. The summed E-state index contributed by atoms with van der Waals surface area (Å²) in [5, 5.41) is 0. The zero-order valence-corrected chi connectivity index (χ0v) is 4.71. The summed E-state index contributed by atoms with van der Waals surface area (Å²) in [6, 6.07) is 0. The minimum absolute atomic E-state index is 0. The second kappa shape index (κ2) is 4.52. The van der Waals surface area contributed by atoms with E-state index < -0.39 is 6.68 Å². The molecule has 0 aromatic heterocycles. The molecule has 0 saturated carbocycles. The lowest BCUT2D eigenvalue weighted by Gasteiger charge is -1.65. The van der Waals surface area contributed by atoms with E-state index in [2.05, 4.69) is 0 Å². The SMILES string of the molecule is FC(F)F.[IH2+]. The molecule has 0 heterocycles. The van der Waals surface area contributed by atoms with Gasteiger partial charge in [-0.3, -0.25) is 0 Å². The zero-order valence-electron chi connectivity index (χ0n) is 2.16. The molecular weight excluding hydrogens is 196 g/mol. The highest BCUT2D eigenvalue weighted by Gasteiger charge is 1.86. The molecule has 0 radical (unpaired) electrons. The van der Waals surface area contributed by atoms with Gasteiger partial charge in [-0.05, 0) is 0 Å². The van der Waals surface area contributed by atoms with Crippen molar-refractivity contribution in [3.05, 3.63) is 0 Å². The molecular formula is CH3F3I+. The van der Waals surface area contributed by atoms with Crippen LogP contribution in [0.1, 0.15) is 0 Å². The average molecular weight is 199 g/mol. The highest BCUT2D eigenvalue weighted by atomic mass is 127. The van der Waals surface area contributed by atoms with Crippen LogP contribution in [0.4, 0.5) is 13.2 Å². The molecule has 0 N–H and O–H groups in total. The van der Waals surface area contributed by atoms with Crippen molar-refractivity contribution in [1.82, 2.24) is 0 Å². The molecule has 0 atom stereocenters. The van der Waals surface area contributed by atoms with E-state index in [4.69, 9.17) is 0 Å². The van der Waals surface area contributed by atoms with Gasteiger partial charge in [0.1, 0.15) is 0 Å². The highest BCUT2D eigenvalue weighted by Crippen LogP contribution is 1.87. The predicted molar refractivity (Wildman–Crippen MR) is 9.90 cm³/mol. The number of hydrogen-bond donors (Lipinski definition) is 0. The third-order valence-corrected chi connectivity index (χ3v) is 0. The van der Waals surface area contributed by atoms with Gasteiger partial charge in [0, 0.05) is 0 Å². The highest BCUT2D eigenvalue weighted by molar-refractivity contribution is 3.83. The fourth-order valence-electron chi connectivity index (χ4n) is 0. The number of rotatable bonds is 0. The molecule has 0 spiro atoms. The normalized spacial score (nSPS) is 7.20. The van der Waals surface area contributed by atoms with Gasteiger partial charge in [-0.25, -0.2) is 0 Å². The van der Waals surface area contributed by atoms with Crippen molar-refractivity contribution >= 4 is 0 Å². The molecule has 0 unspecified atom stereocenters. The molecule has 0 aliphatic rings. The van der Waals surface area contributed by atoms with E-state index >= 15 is 0 Å². The van der Waals surface area contributed by atoms with Gasteiger partial charge >= 0.3 is 6.68 Å². The molecule has 5 heavy (non-hydrogen) atoms. The Balaban J connectivity index is 0. The summed E-state index contributed by atoms with van der Waals surface area (Å²) in [4.78, 5) is 0. The first-order valence-electron chi connectivity index (χ1n) is 0.655. The van der Waals surface area contributed by atoms with Gasteiger partial charge < -0.3 is 0 Å². The second-order valence-electron chi connectivity index (χ2n) is 0.247. The summed E-state index contributed by atoms with van der Waals surface area (Å²) in [7, 11) is 0. The average Bonchev–Trinajstić information content (AvgIpc) is 0.811. The van der Waals surface area contributed by atoms with E-state index in [0.717, 1.165) is 0 Å². The van der Waals surface area contributed by atoms with Crippen molar-refractivity contribution in [2.24, 2.45) is 0 Å². The summed E-state index contributed by atoms with van der Waals surface area (Å²) >= 11 is 0. The third kappa shape index (κ3) is 106. The van der Waals surface area contributed by atoms with Crippen LogP contribution in [0.5, 0.6) is 0 Å². The van der Waals surface area contributed by atoms with Crippen molar-refractivity contribution < 1.29 is 37.1 Å². The Morgan fingerprint density at radius 3 is 1.00 bits per heavy atom. The maximum atomic E-state index is 9.67. The van der Waals surface area contributed by atoms with Crippen molar-refractivity contribution in [3.63, 3.8) is 0 Å². The van der Waals surface area contributed by atoms with Crippen molar-refractivity contribution in [3.8, 4) is 0 Å². The van der Waals surface area contributed by atoms with Crippen LogP contribution >= 0.6 is 0 Å². The zero-order chi connectivity index (χ0) is 3.58. The van der Waals surface area contributed by atoms with Gasteiger partial charge in [-0.2, -0.15) is 13.2 Å². The Morgan fingerprint density at radius 2 is 1.00 bits per heavy atom. The van der Waals surface area contributed by atoms with Gasteiger partial charge in [0.15, 0.2) is 0 Å². The summed E-state index contributed by atoms with van der Waals surface area (Å²) in [5.41, 5.74) is 0. The number of alkyl halides is 3. The van der Waals surface area contributed by atoms with Crippen LogP contribution in [-0.4, -0.2) is 6.68 Å². The quantitative estimate of drug-likeness (QED) is 0.383. The van der Waals surface area contributed by atoms with Crippen LogP contribution in [0.3, 0.4) is 0 Å². The fourth-order valence-corrected chi connectivity index (χ4v) is 0. The molecule has 34 valence electrons. The molecule has 0 saturated heterocycles. The first kappa shape index (κ1) is 9.10. The van der Waals surface area contributed by atoms with E-state index in [9.17, 15) is 13.2 Å². The Kier molecular flexibility index (Phi) is 8.23. The van der Waals surface area contributed by atoms with Gasteiger partial charge in [0.05, 0.1) is 0 Å². The van der Waals surface area contributed by atoms with Gasteiger partial charge in [-0.1, -0.05) is 0 Å². The Hall–Kier alpha value is 0.520. The molecule has 0 amide bonds. The minimum Gasteiger partial charge on any atom is -0.174 e. The van der Waals surface area contributed by atoms with Crippen molar-refractivity contribution in [2.75, 3.05) is 0 Å². The van der Waals surface area contributed by atoms with Crippen LogP contribution < -0.4 is 24.0 Å². The summed E-state index contributed by atoms with van der Waals surface area (Å²) in [6.45, 7) is -3.67. The summed E-state index contributed by atoms with van der Waals surface area (Å²) < 4.78 is 29.0. The standard InChI is InChI=1S/CHF3.H2I/c2-1(3)4;/h1H;1H2/q;+1. The van der Waals surface area contributed by atoms with E-state index in [1.165, 1.54) is 0 Å². The van der Waals surface area contributed by atoms with Crippen LogP contribution in [-0.2, 0) is 0 Å². The monoisotopic (exact) mass is 199 g/mol. The maximum Gasteiger partial charge on any atom is 0.379 e.